The van der Waals surface area contributed by atoms with Crippen molar-refractivity contribution in [3.05, 3.63) is 70.5 Å². The Morgan fingerprint density at radius 1 is 1.14 bits per heavy atom. The van der Waals surface area contributed by atoms with Gasteiger partial charge in [-0.1, -0.05) is 22.9 Å². The van der Waals surface area contributed by atoms with Crippen molar-refractivity contribution in [1.82, 2.24) is 30.5 Å². The quantitative estimate of drug-likeness (QED) is 0.465. The highest BCUT2D eigenvalue weighted by atomic mass is 35.5. The Morgan fingerprint density at radius 3 is 2.71 bits per heavy atom. The zero-order valence-corrected chi connectivity index (χ0v) is 19.1. The molecule has 1 unspecified atom stereocenters. The van der Waals surface area contributed by atoms with E-state index in [9.17, 15) is 19.2 Å². The first-order valence-electron chi connectivity index (χ1n) is 10.9. The molecule has 3 N–H and O–H groups in total. The molecule has 0 saturated carbocycles. The fraction of sp³-hybridized carbons (Fsp3) is 0.217. The number of carbonyl (C=O) groups is 4. The van der Waals surface area contributed by atoms with E-state index in [0.29, 0.717) is 40.6 Å². The Kier molecular flexibility index (Phi) is 5.91. The minimum absolute atomic E-state index is 0.145. The molecule has 178 valence electrons. The molecule has 35 heavy (non-hydrogen) atoms. The molecule has 1 atom stereocenters. The van der Waals surface area contributed by atoms with Crippen LogP contribution in [0.3, 0.4) is 0 Å². The first kappa shape index (κ1) is 22.5. The predicted octanol–water partition coefficient (Wildman–Crippen LogP) is 2.00. The summed E-state index contributed by atoms with van der Waals surface area (Å²) in [4.78, 5) is 50.3. The van der Waals surface area contributed by atoms with Gasteiger partial charge in [0.25, 0.3) is 5.91 Å². The van der Waals surface area contributed by atoms with Crippen LogP contribution in [0.4, 0.5) is 10.5 Å². The summed E-state index contributed by atoms with van der Waals surface area (Å²) in [5.74, 6) is -1.04. The van der Waals surface area contributed by atoms with Crippen LogP contribution in [0.15, 0.2) is 48.7 Å². The third-order valence-corrected chi connectivity index (χ3v) is 6.10. The van der Waals surface area contributed by atoms with E-state index in [-0.39, 0.29) is 24.8 Å². The molecule has 3 heterocycles. The number of carbonyl (C=O) groups excluding carboxylic acids is 4. The SMILES string of the molecule is O=C1CCC(N2Cc3ccc(-n4cc(CNC(=O)Nc5ccc(Cl)cc5)nn4)cc3C2=O)C(=O)N1. The van der Waals surface area contributed by atoms with Crippen LogP contribution in [-0.4, -0.2) is 49.7 Å². The maximum Gasteiger partial charge on any atom is 0.319 e. The van der Waals surface area contributed by atoms with E-state index in [0.717, 1.165) is 5.56 Å². The van der Waals surface area contributed by atoms with Crippen molar-refractivity contribution in [3.63, 3.8) is 0 Å². The molecular weight excluding hydrogens is 474 g/mol. The van der Waals surface area contributed by atoms with Gasteiger partial charge >= 0.3 is 6.03 Å². The van der Waals surface area contributed by atoms with Gasteiger partial charge in [0, 0.05) is 29.2 Å². The van der Waals surface area contributed by atoms with Crippen LogP contribution in [0, 0.1) is 0 Å². The van der Waals surface area contributed by atoms with Crippen LogP contribution in [-0.2, 0) is 22.7 Å². The molecule has 5 amide bonds. The molecular formula is C23H20ClN7O4. The third-order valence-electron chi connectivity index (χ3n) is 5.85. The van der Waals surface area contributed by atoms with Gasteiger partial charge in [0.1, 0.15) is 11.7 Å². The summed E-state index contributed by atoms with van der Waals surface area (Å²) in [6.07, 6.45) is 2.17. The number of piperidine rings is 1. The number of nitrogens with zero attached hydrogens (tertiary/aromatic N) is 4. The molecule has 0 spiro atoms. The molecule has 0 bridgehead atoms. The number of hydrogen-bond donors (Lipinski definition) is 3. The lowest BCUT2D eigenvalue weighted by Gasteiger charge is -2.29. The standard InChI is InChI=1S/C23H20ClN7O4/c24-14-2-4-15(5-3-14)26-23(35)25-10-16-12-31(29-28-16)17-6-1-13-11-30(22(34)18(13)9-17)19-7-8-20(32)27-21(19)33/h1-6,9,12,19H,7-8,10-11H2,(H2,25,26,35)(H,27,32,33). The van der Waals surface area contributed by atoms with Crippen LogP contribution in [0.5, 0.6) is 0 Å². The van der Waals surface area contributed by atoms with E-state index in [1.807, 2.05) is 6.07 Å². The molecule has 1 fully saturated rings. The van der Waals surface area contributed by atoms with Gasteiger partial charge in [0.05, 0.1) is 18.4 Å². The lowest BCUT2D eigenvalue weighted by molar-refractivity contribution is -0.136. The zero-order chi connectivity index (χ0) is 24.5. The first-order chi connectivity index (χ1) is 16.9. The van der Waals surface area contributed by atoms with Gasteiger partial charge in [-0.2, -0.15) is 0 Å². The number of fused-ring (bicyclic) bond motifs is 1. The average Bonchev–Trinajstić information content (AvgIpc) is 3.44. The van der Waals surface area contributed by atoms with Crippen LogP contribution in [0.1, 0.15) is 34.5 Å². The fourth-order valence-corrected chi connectivity index (χ4v) is 4.20. The minimum atomic E-state index is -0.667. The van der Waals surface area contributed by atoms with Gasteiger partial charge in [-0.15, -0.1) is 5.10 Å². The van der Waals surface area contributed by atoms with Gasteiger partial charge in [-0.05, 0) is 48.4 Å². The van der Waals surface area contributed by atoms with Crippen molar-refractivity contribution in [2.75, 3.05) is 5.32 Å². The van der Waals surface area contributed by atoms with Gasteiger partial charge in [-0.3, -0.25) is 19.7 Å². The highest BCUT2D eigenvalue weighted by molar-refractivity contribution is 6.30. The van der Waals surface area contributed by atoms with Gasteiger partial charge in [0.2, 0.25) is 11.8 Å². The molecule has 2 aromatic carbocycles. The lowest BCUT2D eigenvalue weighted by Crippen LogP contribution is -2.52. The Labute approximate surface area is 204 Å². The average molecular weight is 494 g/mol. The molecule has 1 saturated heterocycles. The highest BCUT2D eigenvalue weighted by Crippen LogP contribution is 2.29. The van der Waals surface area contributed by atoms with Gasteiger partial charge in [-0.25, -0.2) is 9.48 Å². The van der Waals surface area contributed by atoms with Crippen LogP contribution in [0.2, 0.25) is 5.02 Å². The van der Waals surface area contributed by atoms with E-state index >= 15 is 0 Å². The summed E-state index contributed by atoms with van der Waals surface area (Å²) >= 11 is 5.84. The first-order valence-corrected chi connectivity index (χ1v) is 11.2. The Balaban J connectivity index is 1.23. The largest absolute Gasteiger partial charge is 0.332 e. The van der Waals surface area contributed by atoms with Crippen LogP contribution in [0.25, 0.3) is 5.69 Å². The third kappa shape index (κ3) is 4.71. The molecule has 3 aromatic rings. The number of imide groups is 1. The van der Waals surface area contributed by atoms with Crippen LogP contribution < -0.4 is 16.0 Å². The molecule has 0 radical (unpaired) electrons. The van der Waals surface area contributed by atoms with Crippen molar-refractivity contribution >= 4 is 41.0 Å². The summed E-state index contributed by atoms with van der Waals surface area (Å²) in [5.41, 5.74) is 3.01. The second-order valence-electron chi connectivity index (χ2n) is 8.21. The van der Waals surface area contributed by atoms with Gasteiger partial charge in [0.15, 0.2) is 0 Å². The Morgan fingerprint density at radius 2 is 1.94 bits per heavy atom. The topological polar surface area (TPSA) is 138 Å². The van der Waals surface area contributed by atoms with Crippen molar-refractivity contribution in [2.24, 2.45) is 0 Å². The monoisotopic (exact) mass is 493 g/mol. The number of benzene rings is 2. The second-order valence-corrected chi connectivity index (χ2v) is 8.65. The number of anilines is 1. The van der Waals surface area contributed by atoms with Gasteiger partial charge < -0.3 is 15.5 Å². The zero-order valence-electron chi connectivity index (χ0n) is 18.3. The normalized spacial score (nSPS) is 17.2. The number of urea groups is 1. The number of halogens is 1. The second kappa shape index (κ2) is 9.18. The van der Waals surface area contributed by atoms with E-state index in [2.05, 4.69) is 26.3 Å². The van der Waals surface area contributed by atoms with E-state index in [4.69, 9.17) is 11.6 Å². The lowest BCUT2D eigenvalue weighted by atomic mass is 10.0. The predicted molar refractivity (Wildman–Crippen MR) is 125 cm³/mol. The summed E-state index contributed by atoms with van der Waals surface area (Å²) in [5, 5.41) is 16.4. The number of amides is 5. The van der Waals surface area contributed by atoms with Crippen molar-refractivity contribution in [1.29, 1.82) is 0 Å². The minimum Gasteiger partial charge on any atom is -0.332 e. The number of rotatable bonds is 5. The molecule has 0 aliphatic carbocycles. The molecule has 11 nitrogen and oxygen atoms in total. The summed E-state index contributed by atoms with van der Waals surface area (Å²) < 4.78 is 1.51. The summed E-state index contributed by atoms with van der Waals surface area (Å²) in [7, 11) is 0. The maximum atomic E-state index is 13.0. The van der Waals surface area contributed by atoms with Crippen molar-refractivity contribution in [2.45, 2.75) is 32.0 Å². The Bertz CT molecular complexity index is 1340. The summed E-state index contributed by atoms with van der Waals surface area (Å²) in [6.45, 7) is 0.447. The van der Waals surface area contributed by atoms with Crippen molar-refractivity contribution < 1.29 is 19.2 Å². The van der Waals surface area contributed by atoms with E-state index in [1.165, 1.54) is 9.58 Å². The van der Waals surface area contributed by atoms with E-state index < -0.39 is 18.0 Å². The molecule has 5 rings (SSSR count). The molecule has 12 heteroatoms. The smallest absolute Gasteiger partial charge is 0.319 e. The number of hydrogen-bond acceptors (Lipinski definition) is 6. The fourth-order valence-electron chi connectivity index (χ4n) is 4.07. The highest BCUT2D eigenvalue weighted by Gasteiger charge is 2.39. The number of nitrogens with one attached hydrogen (secondary N) is 3. The molecule has 1 aromatic heterocycles. The maximum absolute atomic E-state index is 13.0. The van der Waals surface area contributed by atoms with E-state index in [1.54, 1.807) is 42.6 Å². The molecule has 2 aliphatic rings. The molecule has 2 aliphatic heterocycles. The summed E-state index contributed by atoms with van der Waals surface area (Å²) in [6, 6.07) is 11.0. The Hall–Kier alpha value is -4.25. The van der Waals surface area contributed by atoms with Crippen LogP contribution >= 0.6 is 11.6 Å². The number of aromatic nitrogens is 3. The van der Waals surface area contributed by atoms with Crippen molar-refractivity contribution in [3.8, 4) is 5.69 Å².